The second-order valence-corrected chi connectivity index (χ2v) is 3.31. The van der Waals surface area contributed by atoms with Gasteiger partial charge in [-0.1, -0.05) is 0 Å². The number of aromatic nitrogens is 1. The van der Waals surface area contributed by atoms with E-state index in [1.54, 1.807) is 23.6 Å². The Labute approximate surface area is 79.0 Å². The molecule has 0 unspecified atom stereocenters. The third-order valence-corrected chi connectivity index (χ3v) is 2.53. The van der Waals surface area contributed by atoms with Crippen molar-refractivity contribution in [3.63, 3.8) is 0 Å². The van der Waals surface area contributed by atoms with Crippen LogP contribution in [0.5, 0.6) is 0 Å². The zero-order valence-electron chi connectivity index (χ0n) is 6.98. The van der Waals surface area contributed by atoms with E-state index in [2.05, 4.69) is 9.72 Å². The summed E-state index contributed by atoms with van der Waals surface area (Å²) in [5.74, 6) is -0.395. The van der Waals surface area contributed by atoms with E-state index in [0.717, 1.165) is 10.8 Å². The molecule has 0 saturated carbocycles. The number of rotatable bonds is 1. The van der Waals surface area contributed by atoms with Crippen molar-refractivity contribution in [3.8, 4) is 0 Å². The minimum Gasteiger partial charge on any atom is -0.464 e. The van der Waals surface area contributed by atoms with Crippen LogP contribution < -0.4 is 0 Å². The Hall–Kier alpha value is -1.42. The van der Waals surface area contributed by atoms with Gasteiger partial charge in [0, 0.05) is 17.0 Å². The average molecular weight is 193 g/mol. The molecule has 0 amide bonds. The molecule has 13 heavy (non-hydrogen) atoms. The van der Waals surface area contributed by atoms with Crippen molar-refractivity contribution in [2.24, 2.45) is 0 Å². The van der Waals surface area contributed by atoms with Gasteiger partial charge in [-0.15, -0.1) is 0 Å². The van der Waals surface area contributed by atoms with Crippen molar-refractivity contribution < 1.29 is 9.53 Å². The summed E-state index contributed by atoms with van der Waals surface area (Å²) in [7, 11) is 1.35. The minimum absolute atomic E-state index is 0.355. The minimum atomic E-state index is -0.395. The van der Waals surface area contributed by atoms with Crippen LogP contribution in [0.25, 0.3) is 10.8 Å². The molecule has 0 aliphatic carbocycles. The number of hydrogen-bond acceptors (Lipinski definition) is 4. The second kappa shape index (κ2) is 3.14. The highest BCUT2D eigenvalue weighted by atomic mass is 32.1. The summed E-state index contributed by atoms with van der Waals surface area (Å²) in [5, 5.41) is 6.05. The molecule has 66 valence electrons. The third-order valence-electron chi connectivity index (χ3n) is 1.75. The van der Waals surface area contributed by atoms with E-state index in [9.17, 15) is 4.79 Å². The molecule has 3 nitrogen and oxygen atoms in total. The molecule has 0 spiro atoms. The smallest absolute Gasteiger partial charge is 0.356 e. The molecule has 0 radical (unpaired) electrons. The maximum absolute atomic E-state index is 11.1. The molecule has 0 fully saturated rings. The van der Waals surface area contributed by atoms with Crippen LogP contribution in [0.4, 0.5) is 0 Å². The zero-order chi connectivity index (χ0) is 9.26. The summed E-state index contributed by atoms with van der Waals surface area (Å²) < 4.78 is 4.56. The lowest BCUT2D eigenvalue weighted by atomic mass is 10.2. The number of methoxy groups -OCH3 is 1. The number of nitrogens with zero attached hydrogens (tertiary/aromatic N) is 1. The highest BCUT2D eigenvalue weighted by molar-refractivity contribution is 7.09. The first-order valence-electron chi connectivity index (χ1n) is 3.71. The van der Waals surface area contributed by atoms with Gasteiger partial charge < -0.3 is 4.74 Å². The van der Waals surface area contributed by atoms with Crippen molar-refractivity contribution in [1.82, 2.24) is 4.98 Å². The predicted molar refractivity (Wildman–Crippen MR) is 51.0 cm³/mol. The zero-order valence-corrected chi connectivity index (χ0v) is 7.80. The van der Waals surface area contributed by atoms with Crippen molar-refractivity contribution >= 4 is 28.1 Å². The van der Waals surface area contributed by atoms with E-state index in [4.69, 9.17) is 0 Å². The molecule has 0 atom stereocenters. The lowest BCUT2D eigenvalue weighted by Gasteiger charge is -1.97. The first-order chi connectivity index (χ1) is 6.31. The van der Waals surface area contributed by atoms with Crippen molar-refractivity contribution in [1.29, 1.82) is 0 Å². The van der Waals surface area contributed by atoms with Crippen LogP contribution in [-0.4, -0.2) is 18.1 Å². The number of hydrogen-bond donors (Lipinski definition) is 0. The highest BCUT2D eigenvalue weighted by Gasteiger charge is 2.07. The summed E-state index contributed by atoms with van der Waals surface area (Å²) in [6, 6.07) is 1.73. The first kappa shape index (κ1) is 8.19. The Bertz CT molecular complexity index is 450. The second-order valence-electron chi connectivity index (χ2n) is 2.56. The highest BCUT2D eigenvalue weighted by Crippen LogP contribution is 2.18. The molecular formula is C9H7NO2S. The Kier molecular flexibility index (Phi) is 1.98. The van der Waals surface area contributed by atoms with Crippen LogP contribution in [0.3, 0.4) is 0 Å². The van der Waals surface area contributed by atoms with Gasteiger partial charge in [-0.3, -0.25) is 0 Å². The van der Waals surface area contributed by atoms with Gasteiger partial charge in [0.1, 0.15) is 5.69 Å². The van der Waals surface area contributed by atoms with Gasteiger partial charge in [-0.05, 0) is 16.8 Å². The van der Waals surface area contributed by atoms with Gasteiger partial charge in [0.2, 0.25) is 0 Å². The molecule has 0 N–H and O–H groups in total. The number of pyridine rings is 1. The summed E-state index contributed by atoms with van der Waals surface area (Å²) in [5.41, 5.74) is 0.355. The van der Waals surface area contributed by atoms with Gasteiger partial charge in [0.05, 0.1) is 7.11 Å². The lowest BCUT2D eigenvalue weighted by Crippen LogP contribution is -2.03. The molecule has 4 heteroatoms. The predicted octanol–water partition coefficient (Wildman–Crippen LogP) is 2.08. The summed E-state index contributed by atoms with van der Waals surface area (Å²) >= 11 is 1.59. The fourth-order valence-electron chi connectivity index (χ4n) is 1.08. The molecule has 0 aromatic carbocycles. The largest absolute Gasteiger partial charge is 0.464 e. The summed E-state index contributed by atoms with van der Waals surface area (Å²) in [6.07, 6.45) is 1.68. The van der Waals surface area contributed by atoms with E-state index in [1.165, 1.54) is 7.11 Å². The maximum atomic E-state index is 11.1. The van der Waals surface area contributed by atoms with Gasteiger partial charge in [0.15, 0.2) is 0 Å². The SMILES string of the molecule is COC(=O)c1cc2cscc2cn1. The third kappa shape index (κ3) is 1.40. The summed E-state index contributed by atoms with van der Waals surface area (Å²) in [6.45, 7) is 0. The number of carbonyl (C=O) groups excluding carboxylic acids is 1. The Balaban J connectivity index is 2.54. The molecule has 0 aliphatic rings. The number of carbonyl (C=O) groups is 1. The number of thiophene rings is 1. The van der Waals surface area contributed by atoms with Crippen LogP contribution in [0.15, 0.2) is 23.0 Å². The molecule has 2 aromatic heterocycles. The Morgan fingerprint density at radius 2 is 2.23 bits per heavy atom. The number of fused-ring (bicyclic) bond motifs is 1. The quantitative estimate of drug-likeness (QED) is 0.651. The van der Waals surface area contributed by atoms with Crippen LogP contribution >= 0.6 is 11.3 Å². The van der Waals surface area contributed by atoms with Crippen LogP contribution in [0.1, 0.15) is 10.5 Å². The van der Waals surface area contributed by atoms with Crippen molar-refractivity contribution in [2.75, 3.05) is 7.11 Å². The fraction of sp³-hybridized carbons (Fsp3) is 0.111. The van der Waals surface area contributed by atoms with E-state index in [1.807, 2.05) is 10.8 Å². The molecule has 0 aliphatic heterocycles. The first-order valence-corrected chi connectivity index (χ1v) is 4.66. The van der Waals surface area contributed by atoms with E-state index in [-0.39, 0.29) is 0 Å². The Morgan fingerprint density at radius 1 is 1.46 bits per heavy atom. The Morgan fingerprint density at radius 3 is 3.00 bits per heavy atom. The van der Waals surface area contributed by atoms with Crippen molar-refractivity contribution in [3.05, 3.63) is 28.7 Å². The van der Waals surface area contributed by atoms with E-state index in [0.29, 0.717) is 5.69 Å². The lowest BCUT2D eigenvalue weighted by molar-refractivity contribution is 0.0594. The van der Waals surface area contributed by atoms with Crippen molar-refractivity contribution in [2.45, 2.75) is 0 Å². The number of esters is 1. The van der Waals surface area contributed by atoms with Gasteiger partial charge in [-0.25, -0.2) is 9.78 Å². The molecule has 2 heterocycles. The summed E-state index contributed by atoms with van der Waals surface area (Å²) in [4.78, 5) is 15.1. The van der Waals surface area contributed by atoms with E-state index >= 15 is 0 Å². The average Bonchev–Trinajstić information content (AvgIpc) is 2.63. The molecule has 0 saturated heterocycles. The fourth-order valence-corrected chi connectivity index (χ4v) is 1.84. The monoisotopic (exact) mass is 193 g/mol. The van der Waals surface area contributed by atoms with Gasteiger partial charge in [0.25, 0.3) is 0 Å². The standard InChI is InChI=1S/C9H7NO2S/c1-12-9(11)8-2-6-4-13-5-7(6)3-10-8/h2-5H,1H3. The van der Waals surface area contributed by atoms with Gasteiger partial charge >= 0.3 is 5.97 Å². The molecule has 2 rings (SSSR count). The molecule has 0 bridgehead atoms. The normalized spacial score (nSPS) is 10.2. The molecular weight excluding hydrogens is 186 g/mol. The van der Waals surface area contributed by atoms with Crippen LogP contribution in [0.2, 0.25) is 0 Å². The topological polar surface area (TPSA) is 39.2 Å². The maximum Gasteiger partial charge on any atom is 0.356 e. The van der Waals surface area contributed by atoms with E-state index < -0.39 is 5.97 Å². The van der Waals surface area contributed by atoms with Crippen LogP contribution in [0, 0.1) is 0 Å². The van der Waals surface area contributed by atoms with Gasteiger partial charge in [-0.2, -0.15) is 11.3 Å². The number of ether oxygens (including phenoxy) is 1. The van der Waals surface area contributed by atoms with Crippen LogP contribution in [-0.2, 0) is 4.74 Å². The molecule has 2 aromatic rings.